The maximum atomic E-state index is 10.3. The second-order valence-electron chi connectivity index (χ2n) is 4.62. The Morgan fingerprint density at radius 3 is 2.67 bits per heavy atom. The highest BCUT2D eigenvalue weighted by Crippen LogP contribution is 2.25. The van der Waals surface area contributed by atoms with Gasteiger partial charge in [-0.2, -0.15) is 0 Å². The summed E-state index contributed by atoms with van der Waals surface area (Å²) in [6, 6.07) is 5.43. The van der Waals surface area contributed by atoms with Crippen LogP contribution in [0.25, 0.3) is 0 Å². The van der Waals surface area contributed by atoms with E-state index in [1.54, 1.807) is 19.1 Å². The van der Waals surface area contributed by atoms with E-state index < -0.39 is 5.72 Å². The number of halogens is 2. The summed E-state index contributed by atoms with van der Waals surface area (Å²) >= 11 is 11.9. The molecular formula is C14H19Cl2NO. The van der Waals surface area contributed by atoms with Gasteiger partial charge in [-0.05, 0) is 44.5 Å². The SMILES string of the molecule is C=CCN(C)C(C)(O)CCc1ccc(Cl)cc1Cl. The Hall–Kier alpha value is -0.540. The Balaban J connectivity index is 2.66. The highest BCUT2D eigenvalue weighted by Gasteiger charge is 2.24. The van der Waals surface area contributed by atoms with Crippen molar-refractivity contribution in [1.29, 1.82) is 0 Å². The van der Waals surface area contributed by atoms with Gasteiger partial charge in [-0.25, -0.2) is 0 Å². The lowest BCUT2D eigenvalue weighted by atomic mass is 10.0. The lowest BCUT2D eigenvalue weighted by Crippen LogP contribution is -2.44. The molecule has 0 saturated carbocycles. The standard InChI is InChI=1S/C14H19Cl2NO/c1-4-9-17(3)14(2,18)8-7-11-5-6-12(15)10-13(11)16/h4-6,10,18H,1,7-9H2,2-3H3. The van der Waals surface area contributed by atoms with Gasteiger partial charge >= 0.3 is 0 Å². The third kappa shape index (κ3) is 4.29. The Morgan fingerprint density at radius 2 is 2.11 bits per heavy atom. The molecule has 0 amide bonds. The van der Waals surface area contributed by atoms with Crippen LogP contribution in [0.1, 0.15) is 18.9 Å². The van der Waals surface area contributed by atoms with Crippen LogP contribution in [0.15, 0.2) is 30.9 Å². The smallest absolute Gasteiger partial charge is 0.116 e. The van der Waals surface area contributed by atoms with E-state index >= 15 is 0 Å². The second-order valence-corrected chi connectivity index (χ2v) is 5.47. The first kappa shape index (κ1) is 15.5. The third-order valence-corrected chi connectivity index (χ3v) is 3.70. The van der Waals surface area contributed by atoms with Gasteiger partial charge in [0, 0.05) is 16.6 Å². The molecule has 1 atom stereocenters. The zero-order valence-corrected chi connectivity index (χ0v) is 12.3. The van der Waals surface area contributed by atoms with E-state index in [1.165, 1.54) is 0 Å². The van der Waals surface area contributed by atoms with Crippen molar-refractivity contribution < 1.29 is 5.11 Å². The van der Waals surface area contributed by atoms with Crippen molar-refractivity contribution in [3.8, 4) is 0 Å². The zero-order chi connectivity index (χ0) is 13.8. The fourth-order valence-corrected chi connectivity index (χ4v) is 2.18. The van der Waals surface area contributed by atoms with Gasteiger partial charge in [0.2, 0.25) is 0 Å². The number of nitrogens with zero attached hydrogens (tertiary/aromatic N) is 1. The molecule has 0 aromatic heterocycles. The van der Waals surface area contributed by atoms with Gasteiger partial charge in [-0.15, -0.1) is 6.58 Å². The lowest BCUT2D eigenvalue weighted by Gasteiger charge is -2.33. The maximum Gasteiger partial charge on any atom is 0.116 e. The molecule has 100 valence electrons. The van der Waals surface area contributed by atoms with Crippen molar-refractivity contribution in [2.75, 3.05) is 13.6 Å². The van der Waals surface area contributed by atoms with Crippen LogP contribution < -0.4 is 0 Å². The van der Waals surface area contributed by atoms with Crippen molar-refractivity contribution in [3.05, 3.63) is 46.5 Å². The molecule has 1 aromatic carbocycles. The van der Waals surface area contributed by atoms with Gasteiger partial charge < -0.3 is 5.11 Å². The molecule has 4 heteroatoms. The third-order valence-electron chi connectivity index (χ3n) is 3.11. The Bertz CT molecular complexity index is 418. The van der Waals surface area contributed by atoms with Crippen LogP contribution >= 0.6 is 23.2 Å². The Morgan fingerprint density at radius 1 is 1.44 bits per heavy atom. The molecule has 1 aromatic rings. The summed E-state index contributed by atoms with van der Waals surface area (Å²) < 4.78 is 0. The molecule has 18 heavy (non-hydrogen) atoms. The van der Waals surface area contributed by atoms with E-state index in [0.717, 1.165) is 5.56 Å². The number of hydrogen-bond donors (Lipinski definition) is 1. The molecule has 1 N–H and O–H groups in total. The van der Waals surface area contributed by atoms with Crippen LogP contribution in [0.2, 0.25) is 10.0 Å². The van der Waals surface area contributed by atoms with Gasteiger partial charge in [-0.3, -0.25) is 4.90 Å². The molecule has 0 heterocycles. The van der Waals surface area contributed by atoms with E-state index in [9.17, 15) is 5.11 Å². The Labute approximate surface area is 119 Å². The fourth-order valence-electron chi connectivity index (χ4n) is 1.68. The molecule has 2 nitrogen and oxygen atoms in total. The van der Waals surface area contributed by atoms with Crippen molar-refractivity contribution in [1.82, 2.24) is 4.90 Å². The Kier molecular flexibility index (Phi) is 5.67. The summed E-state index contributed by atoms with van der Waals surface area (Å²) in [5, 5.41) is 11.6. The molecule has 0 spiro atoms. The minimum Gasteiger partial charge on any atom is -0.376 e. The van der Waals surface area contributed by atoms with Crippen molar-refractivity contribution >= 4 is 23.2 Å². The molecule has 1 unspecified atom stereocenters. The molecule has 0 fully saturated rings. The van der Waals surface area contributed by atoms with Crippen LogP contribution in [0.5, 0.6) is 0 Å². The minimum absolute atomic E-state index is 0.596. The van der Waals surface area contributed by atoms with Crippen molar-refractivity contribution in [3.63, 3.8) is 0 Å². The average Bonchev–Trinajstić information content (AvgIpc) is 2.28. The van der Waals surface area contributed by atoms with E-state index in [0.29, 0.717) is 29.4 Å². The first-order chi connectivity index (χ1) is 8.36. The largest absolute Gasteiger partial charge is 0.376 e. The van der Waals surface area contributed by atoms with E-state index in [4.69, 9.17) is 23.2 Å². The average molecular weight is 288 g/mol. The number of rotatable bonds is 6. The van der Waals surface area contributed by atoms with Gasteiger partial charge in [0.15, 0.2) is 0 Å². The molecule has 0 bridgehead atoms. The van der Waals surface area contributed by atoms with Crippen LogP contribution in [-0.4, -0.2) is 29.3 Å². The van der Waals surface area contributed by atoms with Crippen molar-refractivity contribution in [2.45, 2.75) is 25.5 Å². The molecule has 0 radical (unpaired) electrons. The van der Waals surface area contributed by atoms with Gasteiger partial charge in [0.25, 0.3) is 0 Å². The topological polar surface area (TPSA) is 23.5 Å². The number of benzene rings is 1. The monoisotopic (exact) mass is 287 g/mol. The zero-order valence-electron chi connectivity index (χ0n) is 10.8. The molecule has 0 aliphatic heterocycles. The molecule has 0 aliphatic rings. The number of aryl methyl sites for hydroxylation is 1. The summed E-state index contributed by atoms with van der Waals surface area (Å²) in [6.07, 6.45) is 3.06. The highest BCUT2D eigenvalue weighted by molar-refractivity contribution is 6.35. The maximum absolute atomic E-state index is 10.3. The van der Waals surface area contributed by atoms with Gasteiger partial charge in [0.1, 0.15) is 5.72 Å². The number of aliphatic hydroxyl groups is 1. The molecular weight excluding hydrogens is 269 g/mol. The van der Waals surface area contributed by atoms with Crippen molar-refractivity contribution in [2.24, 2.45) is 0 Å². The quantitative estimate of drug-likeness (QED) is 0.636. The summed E-state index contributed by atoms with van der Waals surface area (Å²) in [5.74, 6) is 0. The summed E-state index contributed by atoms with van der Waals surface area (Å²) in [5.41, 5.74) is 0.116. The van der Waals surface area contributed by atoms with E-state index in [-0.39, 0.29) is 0 Å². The highest BCUT2D eigenvalue weighted by atomic mass is 35.5. The summed E-state index contributed by atoms with van der Waals surface area (Å²) in [6.45, 7) is 6.10. The predicted molar refractivity (Wildman–Crippen MR) is 78.2 cm³/mol. The van der Waals surface area contributed by atoms with E-state index in [1.807, 2.05) is 24.1 Å². The molecule has 1 rings (SSSR count). The lowest BCUT2D eigenvalue weighted by molar-refractivity contribution is -0.0795. The number of likely N-dealkylation sites (N-methyl/N-ethyl adjacent to an activating group) is 1. The normalized spacial score (nSPS) is 14.6. The van der Waals surface area contributed by atoms with Crippen LogP contribution in [0.4, 0.5) is 0 Å². The summed E-state index contributed by atoms with van der Waals surface area (Å²) in [4.78, 5) is 1.85. The summed E-state index contributed by atoms with van der Waals surface area (Å²) in [7, 11) is 1.87. The van der Waals surface area contributed by atoms with Gasteiger partial charge in [0.05, 0.1) is 0 Å². The molecule has 0 aliphatic carbocycles. The van der Waals surface area contributed by atoms with Crippen LogP contribution in [0.3, 0.4) is 0 Å². The second kappa shape index (κ2) is 6.58. The van der Waals surface area contributed by atoms with Crippen LogP contribution in [0, 0.1) is 0 Å². The first-order valence-electron chi connectivity index (χ1n) is 5.85. The predicted octanol–water partition coefficient (Wildman–Crippen LogP) is 3.75. The molecule has 0 saturated heterocycles. The fraction of sp³-hybridized carbons (Fsp3) is 0.429. The van der Waals surface area contributed by atoms with Gasteiger partial charge in [-0.1, -0.05) is 35.3 Å². The van der Waals surface area contributed by atoms with E-state index in [2.05, 4.69) is 6.58 Å². The van der Waals surface area contributed by atoms with Crippen LogP contribution in [-0.2, 0) is 6.42 Å². The first-order valence-corrected chi connectivity index (χ1v) is 6.61. The number of hydrogen-bond acceptors (Lipinski definition) is 2. The minimum atomic E-state index is -0.878.